The molecule has 1 aromatic heterocycles. The Morgan fingerprint density at radius 1 is 0.970 bits per heavy atom. The number of alkyl halides is 3. The second-order valence-electron chi connectivity index (χ2n) is 7.92. The van der Waals surface area contributed by atoms with Gasteiger partial charge in [-0.15, -0.1) is 0 Å². The third kappa shape index (κ3) is 5.89. The molecule has 2 heterocycles. The van der Waals surface area contributed by atoms with E-state index in [0.717, 1.165) is 18.2 Å². The van der Waals surface area contributed by atoms with Crippen molar-refractivity contribution in [3.63, 3.8) is 0 Å². The summed E-state index contributed by atoms with van der Waals surface area (Å²) in [4.78, 5) is 17.0. The van der Waals surface area contributed by atoms with Crippen molar-refractivity contribution in [2.24, 2.45) is 0 Å². The number of hydrogen-bond acceptors (Lipinski definition) is 7. The summed E-state index contributed by atoms with van der Waals surface area (Å²) in [6.07, 6.45) is -3.38. The van der Waals surface area contributed by atoms with Crippen molar-refractivity contribution >= 4 is 23.3 Å². The minimum atomic E-state index is -4.35. The average Bonchev–Trinajstić information content (AvgIpc) is 2.79. The van der Waals surface area contributed by atoms with Gasteiger partial charge in [0.05, 0.1) is 12.1 Å². The summed E-state index contributed by atoms with van der Waals surface area (Å²) < 4.78 is 39.0. The van der Waals surface area contributed by atoms with Crippen LogP contribution in [-0.2, 0) is 19.1 Å². The predicted octanol–water partition coefficient (Wildman–Crippen LogP) is 4.10. The van der Waals surface area contributed by atoms with Crippen LogP contribution in [0.3, 0.4) is 0 Å². The molecule has 174 valence electrons. The van der Waals surface area contributed by atoms with Crippen molar-refractivity contribution in [1.29, 1.82) is 0 Å². The lowest BCUT2D eigenvalue weighted by Gasteiger charge is -2.36. The van der Waals surface area contributed by atoms with E-state index in [1.807, 2.05) is 29.2 Å². The molecule has 0 amide bonds. The van der Waals surface area contributed by atoms with Gasteiger partial charge in [0.15, 0.2) is 0 Å². The van der Waals surface area contributed by atoms with Crippen molar-refractivity contribution < 1.29 is 13.2 Å². The molecule has 2 aromatic carbocycles. The van der Waals surface area contributed by atoms with Gasteiger partial charge in [-0.05, 0) is 42.3 Å². The number of nitrogens with one attached hydrogen (secondary N) is 1. The van der Waals surface area contributed by atoms with Gasteiger partial charge in [0.25, 0.3) is 0 Å². The first-order chi connectivity index (χ1) is 15.8. The molecule has 0 bridgehead atoms. The Morgan fingerprint density at radius 2 is 1.70 bits per heavy atom. The molecule has 7 nitrogen and oxygen atoms in total. The molecule has 0 radical (unpaired) electrons. The van der Waals surface area contributed by atoms with Gasteiger partial charge in [-0.25, -0.2) is 0 Å². The van der Waals surface area contributed by atoms with E-state index in [2.05, 4.69) is 32.1 Å². The normalized spacial score (nSPS) is 15.0. The third-order valence-electron chi connectivity index (χ3n) is 5.59. The molecule has 0 aliphatic carbocycles. The van der Waals surface area contributed by atoms with E-state index in [9.17, 15) is 13.2 Å². The highest BCUT2D eigenvalue weighted by molar-refractivity contribution is 5.54. The molecule has 1 aliphatic rings. The fourth-order valence-electron chi connectivity index (χ4n) is 3.76. The Bertz CT molecular complexity index is 1080. The van der Waals surface area contributed by atoms with Gasteiger partial charge in [-0.3, -0.25) is 4.90 Å². The number of nitrogens with zero attached hydrogens (tertiary/aromatic N) is 5. The van der Waals surface area contributed by atoms with Crippen LogP contribution < -0.4 is 16.0 Å². The van der Waals surface area contributed by atoms with Crippen LogP contribution in [0, 0.1) is 0 Å². The monoisotopic (exact) mass is 457 g/mol. The van der Waals surface area contributed by atoms with Crippen molar-refractivity contribution in [2.75, 3.05) is 42.1 Å². The summed E-state index contributed by atoms with van der Waals surface area (Å²) >= 11 is 0. The molecular weight excluding hydrogens is 431 g/mol. The quantitative estimate of drug-likeness (QED) is 0.577. The van der Waals surface area contributed by atoms with E-state index < -0.39 is 11.7 Å². The highest BCUT2D eigenvalue weighted by atomic mass is 19.4. The molecule has 1 fully saturated rings. The first-order valence-electron chi connectivity index (χ1n) is 10.8. The largest absolute Gasteiger partial charge is 0.416 e. The van der Waals surface area contributed by atoms with E-state index in [0.29, 0.717) is 50.2 Å². The number of benzene rings is 2. The number of rotatable bonds is 6. The highest BCUT2D eigenvalue weighted by Gasteiger charge is 2.31. The number of anilines is 4. The van der Waals surface area contributed by atoms with Crippen LogP contribution in [0.2, 0.25) is 0 Å². The van der Waals surface area contributed by atoms with Crippen molar-refractivity contribution in [3.05, 3.63) is 65.5 Å². The van der Waals surface area contributed by atoms with Crippen molar-refractivity contribution in [2.45, 2.75) is 26.1 Å². The topological polar surface area (TPSA) is 83.2 Å². The Morgan fingerprint density at radius 3 is 2.36 bits per heavy atom. The third-order valence-corrected chi connectivity index (χ3v) is 5.59. The Labute approximate surface area is 190 Å². The zero-order valence-electron chi connectivity index (χ0n) is 18.3. The summed E-state index contributed by atoms with van der Waals surface area (Å²) in [6, 6.07) is 13.5. The fourth-order valence-corrected chi connectivity index (χ4v) is 3.76. The summed E-state index contributed by atoms with van der Waals surface area (Å²) in [5.41, 5.74) is 7.93. The SMILES string of the molecule is CCc1ccc(Nc2nc(N)nc(CN3CCN(c4cccc(C(F)(F)F)c4)CC3)n2)cc1. The lowest BCUT2D eigenvalue weighted by atomic mass is 10.1. The van der Waals surface area contributed by atoms with E-state index >= 15 is 0 Å². The van der Waals surface area contributed by atoms with Gasteiger partial charge in [-0.1, -0.05) is 25.1 Å². The number of piperazine rings is 1. The number of aromatic nitrogens is 3. The molecular formula is C23H26F3N7. The van der Waals surface area contributed by atoms with Gasteiger partial charge in [0, 0.05) is 37.6 Å². The molecule has 1 aliphatic heterocycles. The number of nitrogen functional groups attached to an aromatic ring is 1. The zero-order valence-corrected chi connectivity index (χ0v) is 18.3. The van der Waals surface area contributed by atoms with Gasteiger partial charge >= 0.3 is 6.18 Å². The standard InChI is InChI=1S/C23H26F3N7/c1-2-16-6-8-18(9-7-16)28-22-30-20(29-21(27)31-22)15-32-10-12-33(13-11-32)19-5-3-4-17(14-19)23(24,25)26/h3-9,14H,2,10-13,15H2,1H3,(H3,27,28,29,30,31). The number of hydrogen-bond donors (Lipinski definition) is 2. The first-order valence-corrected chi connectivity index (χ1v) is 10.8. The maximum Gasteiger partial charge on any atom is 0.416 e. The van der Waals surface area contributed by atoms with Gasteiger partial charge in [0.2, 0.25) is 11.9 Å². The number of halogens is 3. The molecule has 0 atom stereocenters. The molecule has 3 N–H and O–H groups in total. The summed E-state index contributed by atoms with van der Waals surface area (Å²) in [5, 5.41) is 3.16. The summed E-state index contributed by atoms with van der Waals surface area (Å²) in [5.74, 6) is 1.06. The molecule has 10 heteroatoms. The van der Waals surface area contributed by atoms with Gasteiger partial charge in [0.1, 0.15) is 5.82 Å². The maximum absolute atomic E-state index is 13.0. The minimum absolute atomic E-state index is 0.135. The van der Waals surface area contributed by atoms with Gasteiger partial charge < -0.3 is 16.0 Å². The molecule has 0 unspecified atom stereocenters. The fraction of sp³-hybridized carbons (Fsp3) is 0.348. The molecule has 4 rings (SSSR count). The number of nitrogens with two attached hydrogens (primary N) is 1. The smallest absolute Gasteiger partial charge is 0.369 e. The van der Waals surface area contributed by atoms with E-state index in [-0.39, 0.29) is 5.95 Å². The Kier molecular flexibility index (Phi) is 6.64. The zero-order chi connectivity index (χ0) is 23.4. The van der Waals surface area contributed by atoms with Crippen LogP contribution in [-0.4, -0.2) is 46.0 Å². The molecule has 1 saturated heterocycles. The molecule has 3 aromatic rings. The Hall–Kier alpha value is -3.40. The van der Waals surface area contributed by atoms with Crippen LogP contribution in [0.5, 0.6) is 0 Å². The van der Waals surface area contributed by atoms with Crippen molar-refractivity contribution in [3.8, 4) is 0 Å². The van der Waals surface area contributed by atoms with Crippen molar-refractivity contribution in [1.82, 2.24) is 19.9 Å². The molecule has 0 spiro atoms. The van der Waals surface area contributed by atoms with E-state index in [4.69, 9.17) is 5.73 Å². The first kappa shape index (κ1) is 22.8. The lowest BCUT2D eigenvalue weighted by Crippen LogP contribution is -2.46. The molecule has 33 heavy (non-hydrogen) atoms. The van der Waals surface area contributed by atoms with Gasteiger partial charge in [-0.2, -0.15) is 28.1 Å². The number of aryl methyl sites for hydroxylation is 1. The lowest BCUT2D eigenvalue weighted by molar-refractivity contribution is -0.137. The summed E-state index contributed by atoms with van der Waals surface area (Å²) in [7, 11) is 0. The molecule has 0 saturated carbocycles. The maximum atomic E-state index is 13.0. The van der Waals surface area contributed by atoms with Crippen LogP contribution in [0.15, 0.2) is 48.5 Å². The Balaban J connectivity index is 1.37. The van der Waals surface area contributed by atoms with E-state index in [1.165, 1.54) is 17.7 Å². The highest BCUT2D eigenvalue weighted by Crippen LogP contribution is 2.32. The van der Waals surface area contributed by atoms with Crippen LogP contribution >= 0.6 is 0 Å². The van der Waals surface area contributed by atoms with Crippen LogP contribution in [0.25, 0.3) is 0 Å². The van der Waals surface area contributed by atoms with Crippen LogP contribution in [0.4, 0.5) is 36.4 Å². The van der Waals surface area contributed by atoms with E-state index in [1.54, 1.807) is 6.07 Å². The van der Waals surface area contributed by atoms with Crippen LogP contribution in [0.1, 0.15) is 23.9 Å². The predicted molar refractivity (Wildman–Crippen MR) is 122 cm³/mol. The minimum Gasteiger partial charge on any atom is -0.369 e. The second-order valence-corrected chi connectivity index (χ2v) is 7.92. The second kappa shape index (κ2) is 9.62. The average molecular weight is 458 g/mol. The summed E-state index contributed by atoms with van der Waals surface area (Å²) in [6.45, 7) is 5.13.